The van der Waals surface area contributed by atoms with E-state index in [0.29, 0.717) is 43.4 Å². The van der Waals surface area contributed by atoms with Gasteiger partial charge in [-0.3, -0.25) is 4.79 Å². The smallest absolute Gasteiger partial charge is 0.339 e. The van der Waals surface area contributed by atoms with Crippen LogP contribution in [-0.4, -0.2) is 43.1 Å². The van der Waals surface area contributed by atoms with Crippen molar-refractivity contribution in [2.45, 2.75) is 20.0 Å². The van der Waals surface area contributed by atoms with Crippen LogP contribution in [0.25, 0.3) is 0 Å². The lowest BCUT2D eigenvalue weighted by molar-refractivity contribution is -0.140. The van der Waals surface area contributed by atoms with Gasteiger partial charge in [-0.15, -0.1) is 0 Å². The Hall–Kier alpha value is -2.73. The van der Waals surface area contributed by atoms with Crippen molar-refractivity contribution in [1.29, 1.82) is 0 Å². The fourth-order valence-corrected chi connectivity index (χ4v) is 3.26. The molecule has 0 saturated carbocycles. The number of nitrogens with zero attached hydrogens (tertiary/aromatic N) is 1. The van der Waals surface area contributed by atoms with Gasteiger partial charge in [-0.1, -0.05) is 41.9 Å². The van der Waals surface area contributed by atoms with Crippen LogP contribution >= 0.6 is 11.6 Å². The maximum absolute atomic E-state index is 13.0. The van der Waals surface area contributed by atoms with Crippen LogP contribution in [-0.2, 0) is 9.53 Å². The van der Waals surface area contributed by atoms with Gasteiger partial charge in [0.25, 0.3) is 5.91 Å². The minimum Gasteiger partial charge on any atom is -0.486 e. The summed E-state index contributed by atoms with van der Waals surface area (Å²) < 4.78 is 16.6. The highest BCUT2D eigenvalue weighted by Gasteiger charge is 2.29. The normalized spacial score (nSPS) is 13.5. The van der Waals surface area contributed by atoms with Crippen LogP contribution in [0.3, 0.4) is 0 Å². The number of halogens is 1. The van der Waals surface area contributed by atoms with Gasteiger partial charge < -0.3 is 19.1 Å². The van der Waals surface area contributed by atoms with Crippen LogP contribution in [0.5, 0.6) is 11.5 Å². The van der Waals surface area contributed by atoms with Gasteiger partial charge in [0.1, 0.15) is 13.2 Å². The van der Waals surface area contributed by atoms with Crippen LogP contribution in [0.2, 0.25) is 5.02 Å². The van der Waals surface area contributed by atoms with Crippen LogP contribution < -0.4 is 9.47 Å². The highest BCUT2D eigenvalue weighted by atomic mass is 35.5. The molecule has 1 atom stereocenters. The fourth-order valence-electron chi connectivity index (χ4n) is 2.99. The van der Waals surface area contributed by atoms with Gasteiger partial charge in [0.2, 0.25) is 6.10 Å². The Kier molecular flexibility index (Phi) is 6.41. The Morgan fingerprint density at radius 2 is 1.79 bits per heavy atom. The van der Waals surface area contributed by atoms with Gasteiger partial charge in [-0.2, -0.15) is 0 Å². The molecule has 1 heterocycles. The summed E-state index contributed by atoms with van der Waals surface area (Å²) in [7, 11) is 0. The Labute approximate surface area is 168 Å². The van der Waals surface area contributed by atoms with Gasteiger partial charge >= 0.3 is 5.97 Å². The van der Waals surface area contributed by atoms with E-state index in [2.05, 4.69) is 0 Å². The molecule has 1 aliphatic heterocycles. The van der Waals surface area contributed by atoms with Crippen LogP contribution in [0.15, 0.2) is 42.5 Å². The molecule has 7 heteroatoms. The summed E-state index contributed by atoms with van der Waals surface area (Å²) in [5.74, 6) is -0.137. The molecule has 148 valence electrons. The molecular weight excluding hydrogens is 382 g/mol. The highest BCUT2D eigenvalue weighted by Crippen LogP contribution is 2.38. The number of rotatable bonds is 6. The molecule has 0 unspecified atom stereocenters. The molecule has 6 nitrogen and oxygen atoms in total. The van der Waals surface area contributed by atoms with Crippen LogP contribution in [0, 0.1) is 0 Å². The maximum atomic E-state index is 13.0. The van der Waals surface area contributed by atoms with Gasteiger partial charge in [0.15, 0.2) is 11.5 Å². The zero-order valence-electron chi connectivity index (χ0n) is 15.8. The number of hydrogen-bond acceptors (Lipinski definition) is 5. The second kappa shape index (κ2) is 8.97. The molecule has 2 aromatic carbocycles. The number of likely N-dealkylation sites (N-methyl/N-ethyl adjacent to an activating group) is 1. The molecule has 0 radical (unpaired) electrons. The van der Waals surface area contributed by atoms with Crippen molar-refractivity contribution >= 4 is 23.5 Å². The van der Waals surface area contributed by atoms with E-state index < -0.39 is 12.1 Å². The first-order valence-electron chi connectivity index (χ1n) is 9.19. The van der Waals surface area contributed by atoms with E-state index in [-0.39, 0.29) is 16.5 Å². The van der Waals surface area contributed by atoms with Crippen molar-refractivity contribution in [3.8, 4) is 11.5 Å². The van der Waals surface area contributed by atoms with Crippen molar-refractivity contribution in [2.24, 2.45) is 0 Å². The first-order valence-corrected chi connectivity index (χ1v) is 9.56. The summed E-state index contributed by atoms with van der Waals surface area (Å²) in [5, 5.41) is 0.260. The number of carbonyl (C=O) groups excluding carboxylic acids is 2. The topological polar surface area (TPSA) is 65.1 Å². The molecule has 0 N–H and O–H groups in total. The summed E-state index contributed by atoms with van der Waals surface area (Å²) in [6, 6.07) is 11.9. The molecule has 0 bridgehead atoms. The fraction of sp³-hybridized carbons (Fsp3) is 0.333. The van der Waals surface area contributed by atoms with Crippen LogP contribution in [0.4, 0.5) is 0 Å². The van der Waals surface area contributed by atoms with E-state index >= 15 is 0 Å². The highest BCUT2D eigenvalue weighted by molar-refractivity contribution is 6.32. The van der Waals surface area contributed by atoms with E-state index in [9.17, 15) is 9.59 Å². The molecule has 3 rings (SSSR count). The molecule has 0 spiro atoms. The summed E-state index contributed by atoms with van der Waals surface area (Å²) >= 11 is 6.21. The van der Waals surface area contributed by atoms with Crippen molar-refractivity contribution in [1.82, 2.24) is 4.90 Å². The number of amides is 1. The van der Waals surface area contributed by atoms with E-state index in [0.717, 1.165) is 0 Å². The molecule has 0 aromatic heterocycles. The predicted octanol–water partition coefficient (Wildman–Crippen LogP) is 3.88. The van der Waals surface area contributed by atoms with Gasteiger partial charge in [-0.25, -0.2) is 4.79 Å². The van der Waals surface area contributed by atoms with Gasteiger partial charge in [0, 0.05) is 18.7 Å². The number of hydrogen-bond donors (Lipinski definition) is 0. The minimum absolute atomic E-state index is 0.197. The van der Waals surface area contributed by atoms with E-state index in [4.69, 9.17) is 25.8 Å². The first kappa shape index (κ1) is 20.0. The minimum atomic E-state index is -1.04. The number of benzene rings is 2. The maximum Gasteiger partial charge on any atom is 0.339 e. The molecule has 1 amide bonds. The molecule has 0 fully saturated rings. The number of esters is 1. The van der Waals surface area contributed by atoms with Gasteiger partial charge in [-0.05, 0) is 26.0 Å². The second-order valence-corrected chi connectivity index (χ2v) is 6.60. The Morgan fingerprint density at radius 3 is 2.46 bits per heavy atom. The molecule has 0 saturated heterocycles. The zero-order valence-corrected chi connectivity index (χ0v) is 16.6. The predicted molar refractivity (Wildman–Crippen MR) is 105 cm³/mol. The SMILES string of the molecule is CCN(CC)C(=O)[C@@H](OC(=O)c1cc(Cl)c2c(c1)OCCO2)c1ccccc1. The lowest BCUT2D eigenvalue weighted by atomic mass is 10.1. The van der Waals surface area contributed by atoms with E-state index in [1.54, 1.807) is 29.2 Å². The van der Waals surface area contributed by atoms with Crippen molar-refractivity contribution < 1.29 is 23.8 Å². The van der Waals surface area contributed by atoms with E-state index in [1.807, 2.05) is 19.9 Å². The zero-order chi connectivity index (χ0) is 20.1. The summed E-state index contributed by atoms with van der Waals surface area (Å²) in [5.41, 5.74) is 0.805. The van der Waals surface area contributed by atoms with Crippen molar-refractivity contribution in [3.63, 3.8) is 0 Å². The lowest BCUT2D eigenvalue weighted by Gasteiger charge is -2.25. The quantitative estimate of drug-likeness (QED) is 0.685. The summed E-state index contributed by atoms with van der Waals surface area (Å²) in [6.07, 6.45) is -1.04. The molecule has 0 aliphatic carbocycles. The Balaban J connectivity index is 1.89. The third-order valence-corrected chi connectivity index (χ3v) is 4.74. The monoisotopic (exact) mass is 403 g/mol. The Morgan fingerprint density at radius 1 is 1.11 bits per heavy atom. The molecule has 2 aromatic rings. The average molecular weight is 404 g/mol. The molecular formula is C21H22ClNO5. The number of ether oxygens (including phenoxy) is 3. The third-order valence-electron chi connectivity index (χ3n) is 4.46. The summed E-state index contributed by atoms with van der Waals surface area (Å²) in [4.78, 5) is 27.4. The van der Waals surface area contributed by atoms with Crippen molar-refractivity contribution in [3.05, 3.63) is 58.6 Å². The second-order valence-electron chi connectivity index (χ2n) is 6.19. The largest absolute Gasteiger partial charge is 0.486 e. The summed E-state index contributed by atoms with van der Waals surface area (Å²) in [6.45, 7) is 5.57. The van der Waals surface area contributed by atoms with Gasteiger partial charge in [0.05, 0.1) is 10.6 Å². The average Bonchev–Trinajstić information content (AvgIpc) is 2.73. The first-order chi connectivity index (χ1) is 13.5. The van der Waals surface area contributed by atoms with Crippen LogP contribution in [0.1, 0.15) is 35.9 Å². The third kappa shape index (κ3) is 4.22. The standard InChI is InChI=1S/C21H22ClNO5/c1-3-23(4-2)20(24)18(14-8-6-5-7-9-14)28-21(25)15-12-16(22)19-17(13-15)26-10-11-27-19/h5-9,12-13,18H,3-4,10-11H2,1-2H3/t18-/m0/s1. The van der Waals surface area contributed by atoms with Crippen molar-refractivity contribution in [2.75, 3.05) is 26.3 Å². The molecule has 1 aliphatic rings. The van der Waals surface area contributed by atoms with E-state index in [1.165, 1.54) is 12.1 Å². The number of carbonyl (C=O) groups is 2. The Bertz CT molecular complexity index is 851. The molecule has 28 heavy (non-hydrogen) atoms. The lowest BCUT2D eigenvalue weighted by Crippen LogP contribution is -2.36. The number of fused-ring (bicyclic) bond motifs is 1.